The predicted molar refractivity (Wildman–Crippen MR) is 217 cm³/mol. The number of aliphatic hydroxyl groups excluding tert-OH is 1. The van der Waals surface area contributed by atoms with Crippen molar-refractivity contribution in [2.45, 2.75) is 212 Å². The summed E-state index contributed by atoms with van der Waals surface area (Å²) in [5.74, 6) is -0.175. The third-order valence-corrected chi connectivity index (χ3v) is 10.7. The lowest BCUT2D eigenvalue weighted by Crippen LogP contribution is -2.45. The highest BCUT2D eigenvalue weighted by atomic mass is 31.2. The highest BCUT2D eigenvalue weighted by Crippen LogP contribution is 2.43. The fourth-order valence-corrected chi connectivity index (χ4v) is 7.01. The Balaban J connectivity index is 4.41. The number of amides is 1. The van der Waals surface area contributed by atoms with Gasteiger partial charge in [-0.1, -0.05) is 187 Å². The maximum atomic E-state index is 12.8. The lowest BCUT2D eigenvalue weighted by Gasteiger charge is -2.25. The lowest BCUT2D eigenvalue weighted by atomic mass is 10.0. The maximum absolute atomic E-state index is 12.8. The van der Waals surface area contributed by atoms with Crippen molar-refractivity contribution >= 4 is 13.7 Å². The third-order valence-electron chi connectivity index (χ3n) is 9.76. The molecule has 3 N–H and O–H groups in total. The SMILES string of the molecule is CCCCCCCCCCCCC/C=C/C(O)C(COP(=O)(O)OCC[N+](C)(C)C)NC(=O)CCCCCCCCCCCCCCCCCC. The first kappa shape index (κ1) is 50.2. The van der Waals surface area contributed by atoms with Gasteiger partial charge in [0.05, 0.1) is 39.9 Å². The summed E-state index contributed by atoms with van der Waals surface area (Å²) in [6.07, 6.45) is 38.4. The summed E-state index contributed by atoms with van der Waals surface area (Å²) in [6, 6.07) is -0.838. The Morgan fingerprint density at radius 1 is 0.647 bits per heavy atom. The van der Waals surface area contributed by atoms with Gasteiger partial charge in [-0.15, -0.1) is 0 Å². The van der Waals surface area contributed by atoms with Gasteiger partial charge in [-0.25, -0.2) is 4.57 Å². The summed E-state index contributed by atoms with van der Waals surface area (Å²) in [4.78, 5) is 23.1. The fourth-order valence-electron chi connectivity index (χ4n) is 6.28. The average Bonchev–Trinajstić information content (AvgIpc) is 3.07. The highest BCUT2D eigenvalue weighted by molar-refractivity contribution is 7.47. The molecule has 0 heterocycles. The van der Waals surface area contributed by atoms with Crippen LogP contribution in [0.15, 0.2) is 12.2 Å². The molecule has 0 spiro atoms. The average molecular weight is 746 g/mol. The first-order chi connectivity index (χ1) is 24.5. The number of rotatable bonds is 39. The number of unbranched alkanes of at least 4 members (excludes halogenated alkanes) is 26. The Kier molecular flexibility index (Phi) is 34.5. The molecule has 3 atom stereocenters. The minimum atomic E-state index is -4.33. The van der Waals surface area contributed by atoms with E-state index in [0.717, 1.165) is 38.5 Å². The largest absolute Gasteiger partial charge is 0.472 e. The van der Waals surface area contributed by atoms with Gasteiger partial charge in [0.2, 0.25) is 5.91 Å². The van der Waals surface area contributed by atoms with E-state index in [1.54, 1.807) is 6.08 Å². The Hall–Kier alpha value is -0.760. The molecular weight excluding hydrogens is 659 g/mol. The summed E-state index contributed by atoms with van der Waals surface area (Å²) >= 11 is 0. The smallest absolute Gasteiger partial charge is 0.387 e. The molecule has 0 aliphatic carbocycles. The zero-order valence-corrected chi connectivity index (χ0v) is 35.3. The molecule has 0 rings (SSSR count). The predicted octanol–water partition coefficient (Wildman–Crippen LogP) is 11.6. The zero-order valence-electron chi connectivity index (χ0n) is 34.4. The van der Waals surface area contributed by atoms with Crippen molar-refractivity contribution in [1.29, 1.82) is 0 Å². The van der Waals surface area contributed by atoms with Crippen molar-refractivity contribution < 1.29 is 32.9 Å². The molecule has 0 bridgehead atoms. The second-order valence-electron chi connectivity index (χ2n) is 16.1. The first-order valence-corrected chi connectivity index (χ1v) is 23.1. The van der Waals surface area contributed by atoms with Crippen molar-refractivity contribution in [3.05, 3.63) is 12.2 Å². The van der Waals surface area contributed by atoms with Gasteiger partial charge in [0.25, 0.3) is 0 Å². The van der Waals surface area contributed by atoms with E-state index in [4.69, 9.17) is 9.05 Å². The molecular formula is C42H86N2O6P+. The number of carbonyl (C=O) groups excluding carboxylic acids is 1. The van der Waals surface area contributed by atoms with E-state index in [9.17, 15) is 19.4 Å². The number of hydrogen-bond acceptors (Lipinski definition) is 5. The number of hydrogen-bond donors (Lipinski definition) is 3. The van der Waals surface area contributed by atoms with Crippen molar-refractivity contribution in [3.63, 3.8) is 0 Å². The first-order valence-electron chi connectivity index (χ1n) is 21.6. The van der Waals surface area contributed by atoms with Crippen LogP contribution in [0.2, 0.25) is 0 Å². The second-order valence-corrected chi connectivity index (χ2v) is 17.5. The summed E-state index contributed by atoms with van der Waals surface area (Å²) in [5.41, 5.74) is 0. The minimum Gasteiger partial charge on any atom is -0.387 e. The molecule has 9 heteroatoms. The number of aliphatic hydroxyl groups is 1. The van der Waals surface area contributed by atoms with Gasteiger partial charge in [-0.05, 0) is 19.3 Å². The van der Waals surface area contributed by atoms with Gasteiger partial charge in [0, 0.05) is 6.42 Å². The van der Waals surface area contributed by atoms with E-state index in [-0.39, 0.29) is 19.1 Å². The molecule has 0 aliphatic rings. The Bertz CT molecular complexity index is 850. The molecule has 51 heavy (non-hydrogen) atoms. The third kappa shape index (κ3) is 37.4. The van der Waals surface area contributed by atoms with Crippen LogP contribution in [-0.4, -0.2) is 73.4 Å². The van der Waals surface area contributed by atoms with Gasteiger partial charge < -0.3 is 19.8 Å². The molecule has 0 aromatic rings. The minimum absolute atomic E-state index is 0.0645. The quantitative estimate of drug-likeness (QED) is 0.0250. The second kappa shape index (κ2) is 35.0. The van der Waals surface area contributed by atoms with Crippen LogP contribution in [0, 0.1) is 0 Å². The van der Waals surface area contributed by atoms with Crippen LogP contribution in [0.5, 0.6) is 0 Å². The highest BCUT2D eigenvalue weighted by Gasteiger charge is 2.27. The molecule has 0 aromatic heterocycles. The van der Waals surface area contributed by atoms with E-state index in [2.05, 4.69) is 19.2 Å². The van der Waals surface area contributed by atoms with Crippen molar-refractivity contribution in [2.24, 2.45) is 0 Å². The zero-order chi connectivity index (χ0) is 37.9. The number of quaternary nitrogens is 1. The van der Waals surface area contributed by atoms with Crippen LogP contribution < -0.4 is 5.32 Å². The van der Waals surface area contributed by atoms with E-state index in [1.807, 2.05) is 27.2 Å². The van der Waals surface area contributed by atoms with Crippen molar-refractivity contribution in [3.8, 4) is 0 Å². The van der Waals surface area contributed by atoms with Crippen LogP contribution in [-0.2, 0) is 18.4 Å². The molecule has 1 amide bonds. The molecule has 3 unspecified atom stereocenters. The summed E-state index contributed by atoms with van der Waals surface area (Å²) in [7, 11) is 1.58. The standard InChI is InChI=1S/C42H85N2O6P/c1-6-8-10-12-14-16-18-20-21-22-24-26-28-30-32-34-36-42(46)43-40(39-50-51(47,48)49-38-37-44(3,4)5)41(45)35-33-31-29-27-25-23-19-17-15-13-11-9-7-2/h33,35,40-41,45H,6-32,34,36-39H2,1-5H3,(H-,43,46,47,48)/p+1/b35-33+. The number of carbonyl (C=O) groups is 1. The van der Waals surface area contributed by atoms with Gasteiger partial charge in [0.15, 0.2) is 0 Å². The van der Waals surface area contributed by atoms with Crippen LogP contribution in [0.3, 0.4) is 0 Å². The van der Waals surface area contributed by atoms with Crippen LogP contribution in [0.4, 0.5) is 0 Å². The molecule has 0 aromatic carbocycles. The van der Waals surface area contributed by atoms with Gasteiger partial charge >= 0.3 is 7.82 Å². The molecule has 0 aliphatic heterocycles. The van der Waals surface area contributed by atoms with E-state index in [0.29, 0.717) is 17.4 Å². The topological polar surface area (TPSA) is 105 Å². The number of likely N-dealkylation sites (N-methyl/N-ethyl adjacent to an activating group) is 1. The molecule has 0 saturated carbocycles. The van der Waals surface area contributed by atoms with Gasteiger partial charge in [-0.3, -0.25) is 13.8 Å². The summed E-state index contributed by atoms with van der Waals surface area (Å²) in [6.45, 7) is 4.82. The number of nitrogens with zero attached hydrogens (tertiary/aromatic N) is 1. The maximum Gasteiger partial charge on any atom is 0.472 e. The lowest BCUT2D eigenvalue weighted by molar-refractivity contribution is -0.870. The monoisotopic (exact) mass is 746 g/mol. The van der Waals surface area contributed by atoms with Crippen LogP contribution >= 0.6 is 7.82 Å². The molecule has 304 valence electrons. The molecule has 0 fully saturated rings. The Morgan fingerprint density at radius 3 is 1.45 bits per heavy atom. The number of allylic oxidation sites excluding steroid dienone is 1. The van der Waals surface area contributed by atoms with Crippen LogP contribution in [0.25, 0.3) is 0 Å². The molecule has 0 saturated heterocycles. The van der Waals surface area contributed by atoms with Crippen LogP contribution in [0.1, 0.15) is 200 Å². The van der Waals surface area contributed by atoms with E-state index >= 15 is 0 Å². The molecule has 0 radical (unpaired) electrons. The van der Waals surface area contributed by atoms with Gasteiger partial charge in [-0.2, -0.15) is 0 Å². The van der Waals surface area contributed by atoms with Crippen molar-refractivity contribution in [1.82, 2.24) is 5.32 Å². The number of nitrogens with one attached hydrogen (secondary N) is 1. The van der Waals surface area contributed by atoms with E-state index in [1.165, 1.54) is 141 Å². The van der Waals surface area contributed by atoms with E-state index < -0.39 is 20.0 Å². The normalized spacial score (nSPS) is 14.6. The van der Waals surface area contributed by atoms with Gasteiger partial charge in [0.1, 0.15) is 13.2 Å². The number of phosphoric ester groups is 1. The summed E-state index contributed by atoms with van der Waals surface area (Å²) < 4.78 is 23.5. The molecule has 8 nitrogen and oxygen atoms in total. The number of phosphoric acid groups is 1. The summed E-state index contributed by atoms with van der Waals surface area (Å²) in [5, 5.41) is 13.8. The Labute approximate surface area is 316 Å². The Morgan fingerprint density at radius 2 is 1.04 bits per heavy atom. The fraction of sp³-hybridized carbons (Fsp3) is 0.929. The van der Waals surface area contributed by atoms with Crippen molar-refractivity contribution in [2.75, 3.05) is 40.9 Å².